The Morgan fingerprint density at radius 1 is 1.10 bits per heavy atom. The van der Waals surface area contributed by atoms with Gasteiger partial charge in [0.15, 0.2) is 5.01 Å². The molecule has 1 aromatic carbocycles. The van der Waals surface area contributed by atoms with Gasteiger partial charge in [0.1, 0.15) is 0 Å². The van der Waals surface area contributed by atoms with Crippen molar-refractivity contribution >= 4 is 22.4 Å². The molecule has 0 aliphatic rings. The van der Waals surface area contributed by atoms with Gasteiger partial charge >= 0.3 is 0 Å². The molecule has 104 valence electrons. The molecule has 3 aromatic rings. The number of hydrogen-bond acceptors (Lipinski definition) is 5. The Morgan fingerprint density at radius 2 is 1.90 bits per heavy atom. The Morgan fingerprint density at radius 3 is 2.62 bits per heavy atom. The monoisotopic (exact) mass is 296 g/mol. The fourth-order valence-corrected chi connectivity index (χ4v) is 2.61. The van der Waals surface area contributed by atoms with E-state index in [9.17, 15) is 4.79 Å². The summed E-state index contributed by atoms with van der Waals surface area (Å²) in [5.41, 5.74) is 1.51. The van der Waals surface area contributed by atoms with E-state index < -0.39 is 0 Å². The van der Waals surface area contributed by atoms with Crippen molar-refractivity contribution in [1.82, 2.24) is 15.2 Å². The van der Waals surface area contributed by atoms with Crippen molar-refractivity contribution in [2.24, 2.45) is 0 Å². The van der Waals surface area contributed by atoms with Crippen LogP contribution in [0.1, 0.15) is 10.4 Å². The van der Waals surface area contributed by atoms with Crippen LogP contribution in [0.4, 0.5) is 5.13 Å². The molecule has 0 saturated carbocycles. The minimum atomic E-state index is -0.107. The molecule has 0 radical (unpaired) electrons. The van der Waals surface area contributed by atoms with Crippen LogP contribution in [-0.4, -0.2) is 28.1 Å². The molecule has 1 amide bonds. The summed E-state index contributed by atoms with van der Waals surface area (Å²) in [5, 5.41) is 9.50. The summed E-state index contributed by atoms with van der Waals surface area (Å²) in [7, 11) is 1.70. The van der Waals surface area contributed by atoms with Crippen molar-refractivity contribution in [2.75, 3.05) is 11.9 Å². The van der Waals surface area contributed by atoms with Crippen molar-refractivity contribution in [3.63, 3.8) is 0 Å². The predicted molar refractivity (Wildman–Crippen MR) is 82.3 cm³/mol. The molecule has 0 aliphatic carbocycles. The number of benzene rings is 1. The number of hydrogen-bond donors (Lipinski definition) is 0. The van der Waals surface area contributed by atoms with Crippen molar-refractivity contribution in [3.05, 3.63) is 60.4 Å². The van der Waals surface area contributed by atoms with E-state index in [1.54, 1.807) is 31.6 Å². The van der Waals surface area contributed by atoms with Gasteiger partial charge in [-0.25, -0.2) is 0 Å². The summed E-state index contributed by atoms with van der Waals surface area (Å²) in [6.45, 7) is 0. The largest absolute Gasteiger partial charge is 0.286 e. The highest BCUT2D eigenvalue weighted by Gasteiger charge is 2.17. The van der Waals surface area contributed by atoms with E-state index >= 15 is 0 Å². The highest BCUT2D eigenvalue weighted by molar-refractivity contribution is 7.18. The van der Waals surface area contributed by atoms with Gasteiger partial charge in [-0.2, -0.15) is 0 Å². The van der Waals surface area contributed by atoms with Crippen LogP contribution in [0.3, 0.4) is 0 Å². The first-order chi connectivity index (χ1) is 10.3. The molecule has 0 atom stereocenters. The number of carbonyl (C=O) groups is 1. The number of rotatable bonds is 3. The zero-order chi connectivity index (χ0) is 14.7. The minimum Gasteiger partial charge on any atom is -0.286 e. The molecule has 6 heteroatoms. The van der Waals surface area contributed by atoms with Crippen molar-refractivity contribution in [1.29, 1.82) is 0 Å². The topological polar surface area (TPSA) is 59.0 Å². The third kappa shape index (κ3) is 2.80. The minimum absolute atomic E-state index is 0.107. The van der Waals surface area contributed by atoms with Crippen LogP contribution in [0.15, 0.2) is 54.9 Å². The fraction of sp³-hybridized carbons (Fsp3) is 0.0667. The standard InChI is InChI=1S/C15H12N4OS/c1-19(14(20)11-6-3-2-4-7-11)15-18-17-13(21-15)12-8-5-9-16-10-12/h2-10H,1H3. The summed E-state index contributed by atoms with van der Waals surface area (Å²) >= 11 is 1.36. The summed E-state index contributed by atoms with van der Waals surface area (Å²) in [6.07, 6.45) is 3.43. The molecular weight excluding hydrogens is 284 g/mol. The molecule has 0 bridgehead atoms. The summed E-state index contributed by atoms with van der Waals surface area (Å²) in [6, 6.07) is 12.9. The number of amides is 1. The van der Waals surface area contributed by atoms with Gasteiger partial charge in [0, 0.05) is 30.6 Å². The SMILES string of the molecule is CN(C(=O)c1ccccc1)c1nnc(-c2cccnc2)s1. The quantitative estimate of drug-likeness (QED) is 0.745. The summed E-state index contributed by atoms with van der Waals surface area (Å²) in [4.78, 5) is 17.9. The maximum absolute atomic E-state index is 12.3. The first kappa shape index (κ1) is 13.4. The van der Waals surface area contributed by atoms with Crippen molar-refractivity contribution in [3.8, 4) is 10.6 Å². The third-order valence-corrected chi connectivity index (χ3v) is 3.98. The van der Waals surface area contributed by atoms with Gasteiger partial charge in [0.05, 0.1) is 0 Å². The molecule has 2 aromatic heterocycles. The molecule has 0 saturated heterocycles. The van der Waals surface area contributed by atoms with E-state index in [0.29, 0.717) is 10.7 Å². The average Bonchev–Trinajstić information content (AvgIpc) is 3.05. The van der Waals surface area contributed by atoms with Crippen LogP contribution in [0.2, 0.25) is 0 Å². The molecule has 0 unspecified atom stereocenters. The maximum atomic E-state index is 12.3. The van der Waals surface area contributed by atoms with Gasteiger partial charge in [-0.15, -0.1) is 10.2 Å². The lowest BCUT2D eigenvalue weighted by atomic mass is 10.2. The Balaban J connectivity index is 1.85. The highest BCUT2D eigenvalue weighted by Crippen LogP contribution is 2.28. The van der Waals surface area contributed by atoms with Gasteiger partial charge in [0.2, 0.25) is 5.13 Å². The van der Waals surface area contributed by atoms with E-state index in [0.717, 1.165) is 10.6 Å². The van der Waals surface area contributed by atoms with E-state index in [1.807, 2.05) is 30.3 Å². The summed E-state index contributed by atoms with van der Waals surface area (Å²) < 4.78 is 0. The Bertz CT molecular complexity index is 743. The smallest absolute Gasteiger partial charge is 0.259 e. The van der Waals surface area contributed by atoms with Crippen LogP contribution >= 0.6 is 11.3 Å². The maximum Gasteiger partial charge on any atom is 0.259 e. The Hall–Kier alpha value is -2.60. The molecular formula is C15H12N4OS. The van der Waals surface area contributed by atoms with Crippen LogP contribution in [0.5, 0.6) is 0 Å². The molecule has 0 fully saturated rings. The van der Waals surface area contributed by atoms with Crippen LogP contribution < -0.4 is 4.90 Å². The molecule has 0 N–H and O–H groups in total. The van der Waals surface area contributed by atoms with E-state index in [2.05, 4.69) is 15.2 Å². The van der Waals surface area contributed by atoms with Gasteiger partial charge in [-0.3, -0.25) is 14.7 Å². The zero-order valence-electron chi connectivity index (χ0n) is 11.3. The number of nitrogens with zero attached hydrogens (tertiary/aromatic N) is 4. The lowest BCUT2D eigenvalue weighted by Gasteiger charge is -2.12. The highest BCUT2D eigenvalue weighted by atomic mass is 32.1. The second-order valence-electron chi connectivity index (χ2n) is 4.36. The zero-order valence-corrected chi connectivity index (χ0v) is 12.1. The van der Waals surface area contributed by atoms with Gasteiger partial charge in [-0.05, 0) is 24.3 Å². The van der Waals surface area contributed by atoms with Crippen molar-refractivity contribution < 1.29 is 4.79 Å². The molecule has 5 nitrogen and oxygen atoms in total. The second kappa shape index (κ2) is 5.80. The predicted octanol–water partition coefficient (Wildman–Crippen LogP) is 2.88. The lowest BCUT2D eigenvalue weighted by Crippen LogP contribution is -2.25. The Kier molecular flexibility index (Phi) is 3.70. The first-order valence-electron chi connectivity index (χ1n) is 6.33. The normalized spacial score (nSPS) is 10.3. The summed E-state index contributed by atoms with van der Waals surface area (Å²) in [5.74, 6) is -0.107. The third-order valence-electron chi connectivity index (χ3n) is 2.94. The van der Waals surface area contributed by atoms with Crippen molar-refractivity contribution in [2.45, 2.75) is 0 Å². The average molecular weight is 296 g/mol. The van der Waals surface area contributed by atoms with E-state index in [1.165, 1.54) is 16.2 Å². The van der Waals surface area contributed by atoms with Gasteiger partial charge < -0.3 is 0 Å². The number of anilines is 1. The van der Waals surface area contributed by atoms with Crippen LogP contribution in [0, 0.1) is 0 Å². The number of carbonyl (C=O) groups excluding carboxylic acids is 1. The first-order valence-corrected chi connectivity index (χ1v) is 7.14. The van der Waals surface area contributed by atoms with Gasteiger partial charge in [0.25, 0.3) is 5.91 Å². The molecule has 2 heterocycles. The van der Waals surface area contributed by atoms with Gasteiger partial charge in [-0.1, -0.05) is 29.5 Å². The molecule has 21 heavy (non-hydrogen) atoms. The second-order valence-corrected chi connectivity index (χ2v) is 5.32. The lowest BCUT2D eigenvalue weighted by molar-refractivity contribution is 0.0993. The van der Waals surface area contributed by atoms with Crippen LogP contribution in [0.25, 0.3) is 10.6 Å². The Labute approximate surface area is 125 Å². The van der Waals surface area contributed by atoms with E-state index in [-0.39, 0.29) is 5.91 Å². The number of aromatic nitrogens is 3. The molecule has 3 rings (SSSR count). The van der Waals surface area contributed by atoms with E-state index in [4.69, 9.17) is 0 Å². The molecule has 0 aliphatic heterocycles. The number of pyridine rings is 1. The molecule has 0 spiro atoms. The van der Waals surface area contributed by atoms with Crippen LogP contribution in [-0.2, 0) is 0 Å². The fourth-order valence-electron chi connectivity index (χ4n) is 1.82.